The lowest BCUT2D eigenvalue weighted by molar-refractivity contribution is -0.134. The fourth-order valence-electron chi connectivity index (χ4n) is 2.92. The molecule has 6 heteroatoms. The second kappa shape index (κ2) is 4.94. The predicted octanol–water partition coefficient (Wildman–Crippen LogP) is 0.816. The second-order valence-electron chi connectivity index (χ2n) is 5.03. The molecule has 2 aliphatic rings. The molecule has 0 radical (unpaired) electrons. The maximum absolute atomic E-state index is 12.4. The molecule has 3 rings (SSSR count). The molecule has 1 aromatic heterocycles. The van der Waals surface area contributed by atoms with Crippen molar-refractivity contribution in [2.45, 2.75) is 0 Å². The summed E-state index contributed by atoms with van der Waals surface area (Å²) in [6.07, 6.45) is 0. The van der Waals surface area contributed by atoms with Gasteiger partial charge < -0.3 is 14.5 Å². The van der Waals surface area contributed by atoms with Crippen LogP contribution < -0.4 is 4.90 Å². The van der Waals surface area contributed by atoms with Crippen molar-refractivity contribution in [1.82, 2.24) is 4.90 Å². The molecule has 102 valence electrons. The summed E-state index contributed by atoms with van der Waals surface area (Å²) in [6.45, 7) is 2.02. The molecule has 19 heavy (non-hydrogen) atoms. The van der Waals surface area contributed by atoms with Crippen molar-refractivity contribution in [1.29, 1.82) is 0 Å². The zero-order valence-corrected chi connectivity index (χ0v) is 11.6. The van der Waals surface area contributed by atoms with Crippen LogP contribution in [0.2, 0.25) is 0 Å². The molecule has 0 bridgehead atoms. The smallest absolute Gasteiger partial charge is 0.248 e. The highest BCUT2D eigenvalue weighted by Crippen LogP contribution is 2.35. The number of nitrogens with zero attached hydrogens (tertiary/aromatic N) is 2. The van der Waals surface area contributed by atoms with Gasteiger partial charge >= 0.3 is 0 Å². The Morgan fingerprint density at radius 1 is 1.47 bits per heavy atom. The Balaban J connectivity index is 1.69. The van der Waals surface area contributed by atoms with Gasteiger partial charge in [-0.05, 0) is 11.4 Å². The van der Waals surface area contributed by atoms with Crippen molar-refractivity contribution in [2.24, 2.45) is 11.8 Å². The number of likely N-dealkylation sites (tertiary alicyclic amines) is 1. The van der Waals surface area contributed by atoms with Crippen molar-refractivity contribution >= 4 is 28.8 Å². The Morgan fingerprint density at radius 2 is 2.32 bits per heavy atom. The standard InChI is InChI=1S/C13H16N2O3S/c1-18-7-12(16)14-4-9-5-15(10-2-3-19-8-10)13(17)11(9)6-14/h2-3,8-9,11H,4-7H2,1H3/t9-,11-/m1/s1. The Labute approximate surface area is 115 Å². The maximum atomic E-state index is 12.4. The molecular formula is C13H16N2O3S. The van der Waals surface area contributed by atoms with E-state index >= 15 is 0 Å². The van der Waals surface area contributed by atoms with Crippen LogP contribution in [-0.4, -0.2) is 50.1 Å². The van der Waals surface area contributed by atoms with Gasteiger partial charge in [-0.1, -0.05) is 0 Å². The van der Waals surface area contributed by atoms with Crippen molar-refractivity contribution in [3.63, 3.8) is 0 Å². The summed E-state index contributed by atoms with van der Waals surface area (Å²) < 4.78 is 4.86. The molecular weight excluding hydrogens is 264 g/mol. The highest BCUT2D eigenvalue weighted by molar-refractivity contribution is 7.08. The number of rotatable bonds is 3. The third kappa shape index (κ3) is 2.15. The lowest BCUT2D eigenvalue weighted by atomic mass is 10.0. The molecule has 0 aromatic carbocycles. The number of amides is 2. The van der Waals surface area contributed by atoms with E-state index in [1.807, 2.05) is 21.7 Å². The monoisotopic (exact) mass is 280 g/mol. The van der Waals surface area contributed by atoms with Crippen LogP contribution in [0.1, 0.15) is 0 Å². The van der Waals surface area contributed by atoms with Gasteiger partial charge in [0.25, 0.3) is 0 Å². The van der Waals surface area contributed by atoms with Crippen LogP contribution in [0.15, 0.2) is 16.8 Å². The Morgan fingerprint density at radius 3 is 2.95 bits per heavy atom. The highest BCUT2D eigenvalue weighted by Gasteiger charge is 2.47. The van der Waals surface area contributed by atoms with Gasteiger partial charge in [0.15, 0.2) is 0 Å². The normalized spacial score (nSPS) is 26.1. The quantitative estimate of drug-likeness (QED) is 0.823. The topological polar surface area (TPSA) is 49.9 Å². The average molecular weight is 280 g/mol. The van der Waals surface area contributed by atoms with Crippen LogP contribution in [0.4, 0.5) is 5.69 Å². The third-order valence-electron chi connectivity index (χ3n) is 3.88. The average Bonchev–Trinajstić information content (AvgIpc) is 3.07. The van der Waals surface area contributed by atoms with Crippen molar-refractivity contribution in [3.05, 3.63) is 16.8 Å². The van der Waals surface area contributed by atoms with Crippen LogP contribution in [0.5, 0.6) is 0 Å². The van der Waals surface area contributed by atoms with E-state index in [0.29, 0.717) is 13.1 Å². The van der Waals surface area contributed by atoms with E-state index in [1.54, 1.807) is 16.2 Å². The van der Waals surface area contributed by atoms with Crippen molar-refractivity contribution in [3.8, 4) is 0 Å². The molecule has 2 fully saturated rings. The summed E-state index contributed by atoms with van der Waals surface area (Å²) in [5.41, 5.74) is 0.985. The van der Waals surface area contributed by atoms with Gasteiger partial charge in [-0.15, -0.1) is 0 Å². The summed E-state index contributed by atoms with van der Waals surface area (Å²) in [5, 5.41) is 3.97. The SMILES string of the molecule is COCC(=O)N1C[C@@H]2CN(c3ccsc3)C(=O)[C@@H]2C1. The minimum absolute atomic E-state index is 0.0215. The maximum Gasteiger partial charge on any atom is 0.248 e. The van der Waals surface area contributed by atoms with Crippen LogP contribution in [0.25, 0.3) is 0 Å². The molecule has 5 nitrogen and oxygen atoms in total. The number of ether oxygens (including phenoxy) is 1. The lowest BCUT2D eigenvalue weighted by Crippen LogP contribution is -2.37. The van der Waals surface area contributed by atoms with E-state index in [9.17, 15) is 9.59 Å². The first kappa shape index (κ1) is 12.6. The van der Waals surface area contributed by atoms with E-state index in [1.165, 1.54) is 7.11 Å². The molecule has 2 saturated heterocycles. The molecule has 0 aliphatic carbocycles. The van der Waals surface area contributed by atoms with Gasteiger partial charge in [-0.25, -0.2) is 0 Å². The summed E-state index contributed by atoms with van der Waals surface area (Å²) in [7, 11) is 1.51. The Kier molecular flexibility index (Phi) is 3.28. The molecule has 2 atom stereocenters. The van der Waals surface area contributed by atoms with E-state index in [-0.39, 0.29) is 30.3 Å². The first-order chi connectivity index (χ1) is 9.20. The molecule has 2 amide bonds. The van der Waals surface area contributed by atoms with Gasteiger partial charge in [0.2, 0.25) is 11.8 Å². The summed E-state index contributed by atoms with van der Waals surface area (Å²) in [4.78, 5) is 27.7. The van der Waals surface area contributed by atoms with Crippen LogP contribution >= 0.6 is 11.3 Å². The van der Waals surface area contributed by atoms with Crippen LogP contribution in [0.3, 0.4) is 0 Å². The van der Waals surface area contributed by atoms with E-state index in [4.69, 9.17) is 4.74 Å². The fourth-order valence-corrected chi connectivity index (χ4v) is 3.56. The number of anilines is 1. The molecule has 1 aromatic rings. The lowest BCUT2D eigenvalue weighted by Gasteiger charge is -2.20. The number of methoxy groups -OCH3 is 1. The number of hydrogen-bond donors (Lipinski definition) is 0. The highest BCUT2D eigenvalue weighted by atomic mass is 32.1. The molecule has 2 aliphatic heterocycles. The van der Waals surface area contributed by atoms with Crippen LogP contribution in [-0.2, 0) is 14.3 Å². The van der Waals surface area contributed by atoms with E-state index in [2.05, 4.69) is 0 Å². The number of hydrogen-bond acceptors (Lipinski definition) is 4. The Hall–Kier alpha value is -1.40. The van der Waals surface area contributed by atoms with Gasteiger partial charge in [-0.2, -0.15) is 11.3 Å². The first-order valence-corrected chi connectivity index (χ1v) is 7.25. The number of carbonyl (C=O) groups is 2. The number of carbonyl (C=O) groups excluding carboxylic acids is 2. The zero-order valence-electron chi connectivity index (χ0n) is 10.7. The second-order valence-corrected chi connectivity index (χ2v) is 5.81. The van der Waals surface area contributed by atoms with Gasteiger partial charge in [0, 0.05) is 38.0 Å². The third-order valence-corrected chi connectivity index (χ3v) is 4.55. The van der Waals surface area contributed by atoms with Crippen molar-refractivity contribution in [2.75, 3.05) is 38.3 Å². The molecule has 0 N–H and O–H groups in total. The largest absolute Gasteiger partial charge is 0.375 e. The van der Waals surface area contributed by atoms with Crippen LogP contribution in [0, 0.1) is 11.8 Å². The summed E-state index contributed by atoms with van der Waals surface area (Å²) in [5.74, 6) is 0.344. The zero-order chi connectivity index (χ0) is 13.4. The van der Waals surface area contributed by atoms with Gasteiger partial charge in [-0.3, -0.25) is 9.59 Å². The minimum Gasteiger partial charge on any atom is -0.375 e. The summed E-state index contributed by atoms with van der Waals surface area (Å²) in [6, 6.07) is 1.97. The van der Waals surface area contributed by atoms with Crippen molar-refractivity contribution < 1.29 is 14.3 Å². The fraction of sp³-hybridized carbons (Fsp3) is 0.538. The predicted molar refractivity (Wildman–Crippen MR) is 72.1 cm³/mol. The minimum atomic E-state index is -0.0410. The Bertz CT molecular complexity index is 488. The van der Waals surface area contributed by atoms with Gasteiger partial charge in [0.05, 0.1) is 11.6 Å². The molecule has 3 heterocycles. The number of fused-ring (bicyclic) bond motifs is 1. The molecule has 0 unspecified atom stereocenters. The molecule has 0 spiro atoms. The summed E-state index contributed by atoms with van der Waals surface area (Å²) >= 11 is 1.59. The number of thiophene rings is 1. The van der Waals surface area contributed by atoms with E-state index in [0.717, 1.165) is 12.2 Å². The van der Waals surface area contributed by atoms with Gasteiger partial charge in [0.1, 0.15) is 6.61 Å². The van der Waals surface area contributed by atoms with E-state index < -0.39 is 0 Å². The molecule has 0 saturated carbocycles. The first-order valence-electron chi connectivity index (χ1n) is 6.31.